The van der Waals surface area contributed by atoms with Gasteiger partial charge in [0.2, 0.25) is 0 Å². The van der Waals surface area contributed by atoms with Gasteiger partial charge in [-0.15, -0.1) is 0 Å². The lowest BCUT2D eigenvalue weighted by Gasteiger charge is -2.13. The van der Waals surface area contributed by atoms with E-state index in [1.54, 1.807) is 0 Å². The molecule has 1 aromatic carbocycles. The molecule has 0 heterocycles. The molecule has 0 amide bonds. The summed E-state index contributed by atoms with van der Waals surface area (Å²) in [4.78, 5) is 0. The molecule has 3 nitrogen and oxygen atoms in total. The van der Waals surface area contributed by atoms with Gasteiger partial charge in [0, 0.05) is 18.7 Å². The van der Waals surface area contributed by atoms with Gasteiger partial charge in [0.15, 0.2) is 0 Å². The molecule has 0 fully saturated rings. The van der Waals surface area contributed by atoms with Crippen LogP contribution in [0, 0.1) is 6.92 Å². The second-order valence-electron chi connectivity index (χ2n) is 4.35. The van der Waals surface area contributed by atoms with E-state index in [2.05, 4.69) is 38.2 Å². The monoisotopic (exact) mass is 251 g/mol. The number of hydrogen-bond donors (Lipinski definition) is 1. The summed E-state index contributed by atoms with van der Waals surface area (Å²) >= 11 is 0. The molecule has 0 atom stereocenters. The van der Waals surface area contributed by atoms with Gasteiger partial charge in [0.25, 0.3) is 0 Å². The molecule has 0 bridgehead atoms. The van der Waals surface area contributed by atoms with E-state index in [-0.39, 0.29) is 0 Å². The zero-order chi connectivity index (χ0) is 13.2. The number of benzene rings is 1. The van der Waals surface area contributed by atoms with Gasteiger partial charge >= 0.3 is 0 Å². The molecule has 0 unspecified atom stereocenters. The van der Waals surface area contributed by atoms with Crippen molar-refractivity contribution in [2.24, 2.45) is 0 Å². The maximum atomic E-state index is 5.77. The minimum atomic E-state index is 0.613. The first-order valence-electron chi connectivity index (χ1n) is 6.78. The molecule has 0 saturated carbocycles. The molecule has 1 rings (SSSR count). The van der Waals surface area contributed by atoms with Crippen molar-refractivity contribution in [3.63, 3.8) is 0 Å². The third kappa shape index (κ3) is 5.52. The maximum Gasteiger partial charge on any atom is 0.123 e. The van der Waals surface area contributed by atoms with Gasteiger partial charge in [-0.3, -0.25) is 0 Å². The summed E-state index contributed by atoms with van der Waals surface area (Å²) in [6.07, 6.45) is 1.05. The van der Waals surface area contributed by atoms with Crippen molar-refractivity contribution >= 4 is 0 Å². The summed E-state index contributed by atoms with van der Waals surface area (Å²) in [6, 6.07) is 6.30. The third-order valence-electron chi connectivity index (χ3n) is 2.62. The van der Waals surface area contributed by atoms with Gasteiger partial charge in [0.05, 0.1) is 6.61 Å². The van der Waals surface area contributed by atoms with E-state index in [1.165, 1.54) is 11.1 Å². The predicted octanol–water partition coefficient (Wildman–Crippen LogP) is 2.91. The summed E-state index contributed by atoms with van der Waals surface area (Å²) in [6.45, 7) is 10.2. The summed E-state index contributed by atoms with van der Waals surface area (Å²) in [5.41, 5.74) is 2.48. The summed E-state index contributed by atoms with van der Waals surface area (Å²) in [5.74, 6) is 0.960. The topological polar surface area (TPSA) is 30.5 Å². The van der Waals surface area contributed by atoms with Crippen molar-refractivity contribution in [1.82, 2.24) is 5.32 Å². The van der Waals surface area contributed by atoms with Crippen molar-refractivity contribution in [2.75, 3.05) is 26.4 Å². The minimum Gasteiger partial charge on any atom is -0.491 e. The first kappa shape index (κ1) is 15.0. The van der Waals surface area contributed by atoms with Crippen LogP contribution < -0.4 is 10.1 Å². The lowest BCUT2D eigenvalue weighted by atomic mass is 10.1. The van der Waals surface area contributed by atoms with Crippen LogP contribution in [0.3, 0.4) is 0 Å². The van der Waals surface area contributed by atoms with Crippen LogP contribution >= 0.6 is 0 Å². The molecule has 0 aliphatic rings. The van der Waals surface area contributed by atoms with Gasteiger partial charge in [-0.2, -0.15) is 0 Å². The SMILES string of the molecule is CCCOCCOc1ccc(C)cc1CNCC. The first-order valence-corrected chi connectivity index (χ1v) is 6.78. The van der Waals surface area contributed by atoms with E-state index in [0.717, 1.165) is 31.9 Å². The average molecular weight is 251 g/mol. The molecule has 0 radical (unpaired) electrons. The fourth-order valence-corrected chi connectivity index (χ4v) is 1.70. The second kappa shape index (κ2) is 8.95. The number of ether oxygens (including phenoxy) is 2. The molecule has 0 aliphatic carbocycles. The highest BCUT2D eigenvalue weighted by Crippen LogP contribution is 2.19. The van der Waals surface area contributed by atoms with E-state index in [9.17, 15) is 0 Å². The van der Waals surface area contributed by atoms with Crippen molar-refractivity contribution < 1.29 is 9.47 Å². The number of hydrogen-bond acceptors (Lipinski definition) is 3. The van der Waals surface area contributed by atoms with Gasteiger partial charge in [-0.25, -0.2) is 0 Å². The van der Waals surface area contributed by atoms with Crippen molar-refractivity contribution in [2.45, 2.75) is 33.7 Å². The molecule has 1 aromatic rings. The Hall–Kier alpha value is -1.06. The fraction of sp³-hybridized carbons (Fsp3) is 0.600. The van der Waals surface area contributed by atoms with E-state index < -0.39 is 0 Å². The fourth-order valence-electron chi connectivity index (χ4n) is 1.70. The third-order valence-corrected chi connectivity index (χ3v) is 2.62. The summed E-state index contributed by atoms with van der Waals surface area (Å²) < 4.78 is 11.2. The standard InChI is InChI=1S/C15H25NO2/c1-4-8-17-9-10-18-15-7-6-13(3)11-14(15)12-16-5-2/h6-7,11,16H,4-5,8-10,12H2,1-3H3. The normalized spacial score (nSPS) is 10.6. The van der Waals surface area contributed by atoms with Crippen LogP contribution in [-0.4, -0.2) is 26.4 Å². The Kier molecular flexibility index (Phi) is 7.46. The average Bonchev–Trinajstić information content (AvgIpc) is 2.38. The van der Waals surface area contributed by atoms with Crippen LogP contribution in [0.2, 0.25) is 0 Å². The number of aryl methyl sites for hydroxylation is 1. The molecule has 0 saturated heterocycles. The van der Waals surface area contributed by atoms with E-state index in [1.807, 2.05) is 6.07 Å². The molecule has 0 spiro atoms. The minimum absolute atomic E-state index is 0.613. The Bertz CT molecular complexity index is 339. The van der Waals surface area contributed by atoms with E-state index in [4.69, 9.17) is 9.47 Å². The van der Waals surface area contributed by atoms with Crippen molar-refractivity contribution in [3.8, 4) is 5.75 Å². The number of nitrogens with one attached hydrogen (secondary N) is 1. The molecular weight excluding hydrogens is 226 g/mol. The van der Waals surface area contributed by atoms with E-state index >= 15 is 0 Å². The lowest BCUT2D eigenvalue weighted by molar-refractivity contribution is 0.100. The van der Waals surface area contributed by atoms with Crippen LogP contribution in [0.1, 0.15) is 31.4 Å². The van der Waals surface area contributed by atoms with E-state index in [0.29, 0.717) is 13.2 Å². The molecule has 0 aliphatic heterocycles. The first-order chi connectivity index (χ1) is 8.77. The Morgan fingerprint density at radius 1 is 1.11 bits per heavy atom. The Morgan fingerprint density at radius 3 is 2.67 bits per heavy atom. The van der Waals surface area contributed by atoms with Crippen LogP contribution in [-0.2, 0) is 11.3 Å². The molecule has 0 aromatic heterocycles. The Morgan fingerprint density at radius 2 is 1.94 bits per heavy atom. The highest BCUT2D eigenvalue weighted by molar-refractivity contribution is 5.36. The maximum absolute atomic E-state index is 5.77. The molecule has 3 heteroatoms. The zero-order valence-corrected chi connectivity index (χ0v) is 11.8. The largest absolute Gasteiger partial charge is 0.491 e. The van der Waals surface area contributed by atoms with Crippen LogP contribution in [0.4, 0.5) is 0 Å². The van der Waals surface area contributed by atoms with Crippen LogP contribution in [0.25, 0.3) is 0 Å². The smallest absolute Gasteiger partial charge is 0.123 e. The number of rotatable bonds is 9. The molecule has 102 valence electrons. The van der Waals surface area contributed by atoms with Gasteiger partial charge in [0.1, 0.15) is 12.4 Å². The van der Waals surface area contributed by atoms with Crippen LogP contribution in [0.15, 0.2) is 18.2 Å². The second-order valence-corrected chi connectivity index (χ2v) is 4.35. The lowest BCUT2D eigenvalue weighted by Crippen LogP contribution is -2.14. The quantitative estimate of drug-likeness (QED) is 0.685. The van der Waals surface area contributed by atoms with Gasteiger partial charge < -0.3 is 14.8 Å². The van der Waals surface area contributed by atoms with Crippen LogP contribution in [0.5, 0.6) is 5.75 Å². The summed E-state index contributed by atoms with van der Waals surface area (Å²) in [5, 5.41) is 3.33. The Labute approximate surface area is 110 Å². The van der Waals surface area contributed by atoms with Crippen molar-refractivity contribution in [3.05, 3.63) is 29.3 Å². The Balaban J connectivity index is 2.47. The highest BCUT2D eigenvalue weighted by atomic mass is 16.5. The van der Waals surface area contributed by atoms with Gasteiger partial charge in [-0.05, 0) is 26.0 Å². The highest BCUT2D eigenvalue weighted by Gasteiger charge is 2.03. The molecule has 18 heavy (non-hydrogen) atoms. The van der Waals surface area contributed by atoms with Gasteiger partial charge in [-0.1, -0.05) is 31.5 Å². The molecular formula is C15H25NO2. The predicted molar refractivity (Wildman–Crippen MR) is 75.2 cm³/mol. The summed E-state index contributed by atoms with van der Waals surface area (Å²) in [7, 11) is 0. The molecule has 1 N–H and O–H groups in total. The van der Waals surface area contributed by atoms with Crippen molar-refractivity contribution in [1.29, 1.82) is 0 Å². The zero-order valence-electron chi connectivity index (χ0n) is 11.8.